The molecule has 1 amide bonds. The van der Waals surface area contributed by atoms with Crippen molar-refractivity contribution in [3.05, 3.63) is 0 Å². The maximum absolute atomic E-state index is 9.22. The van der Waals surface area contributed by atoms with Gasteiger partial charge in [0.2, 0.25) is 5.91 Å². The Morgan fingerprint density at radius 3 is 1.27 bits per heavy atom. The van der Waals surface area contributed by atoms with Gasteiger partial charge in [-0.05, 0) is 13.8 Å². The zero-order valence-corrected chi connectivity index (χ0v) is 7.49. The number of nitrogens with two attached hydrogens (primary N) is 1. The number of hydrogen-bond acceptors (Lipinski definition) is 2. The van der Waals surface area contributed by atoms with Gasteiger partial charge in [-0.3, -0.25) is 4.79 Å². The molecule has 0 radical (unpaired) electrons. The minimum absolute atomic E-state index is 0. The fourth-order valence-corrected chi connectivity index (χ4v) is 0. The molecule has 0 rings (SSSR count). The van der Waals surface area contributed by atoms with Crippen LogP contribution in [0, 0.1) is 5.41 Å². The average molecular weight is 164 g/mol. The third kappa shape index (κ3) is 630. The van der Waals surface area contributed by atoms with Crippen molar-refractivity contribution < 1.29 is 6.22 Å². The number of primary amides is 1. The standard InChI is InChI=1S/C3H7N.C2H5NO.C2H6.CH4.H2/c1-3(2)4;1-2(3)4;1-2;;/h4H,1-2H3;1H3,(H2,3,4);1-2H3;1H4;1H. The van der Waals surface area contributed by atoms with Crippen LogP contribution in [0.4, 0.5) is 0 Å². The number of hydrogen-bond donors (Lipinski definition) is 2. The fourth-order valence-electron chi connectivity index (χ4n) is 0. The van der Waals surface area contributed by atoms with Crippen molar-refractivity contribution in [1.82, 2.24) is 0 Å². The largest absolute Gasteiger partial charge is 0.370 e. The van der Waals surface area contributed by atoms with Gasteiger partial charge in [0.25, 0.3) is 0 Å². The zero-order valence-electron chi connectivity index (χ0n) is 7.49. The van der Waals surface area contributed by atoms with Gasteiger partial charge in [-0.2, -0.15) is 0 Å². The number of amides is 1. The summed E-state index contributed by atoms with van der Waals surface area (Å²) in [5, 5.41) is 6.50. The molecule has 0 saturated carbocycles. The maximum atomic E-state index is 9.22. The molecule has 0 aromatic heterocycles. The van der Waals surface area contributed by atoms with Crippen molar-refractivity contribution in [2.45, 2.75) is 42.0 Å². The van der Waals surface area contributed by atoms with Crippen molar-refractivity contribution in [2.24, 2.45) is 5.73 Å². The topological polar surface area (TPSA) is 66.9 Å². The van der Waals surface area contributed by atoms with Crippen molar-refractivity contribution in [1.29, 1.82) is 5.41 Å². The van der Waals surface area contributed by atoms with E-state index in [4.69, 9.17) is 5.41 Å². The molecule has 0 aromatic carbocycles. The molecule has 0 atom stereocenters. The van der Waals surface area contributed by atoms with Gasteiger partial charge in [0.05, 0.1) is 0 Å². The number of carbonyl (C=O) groups is 1. The molecule has 0 aliphatic heterocycles. The molecule has 0 spiro atoms. The zero-order chi connectivity index (χ0) is 9.15. The molecule has 0 saturated heterocycles. The minimum Gasteiger partial charge on any atom is -0.370 e. The van der Waals surface area contributed by atoms with Crippen molar-refractivity contribution in [2.75, 3.05) is 0 Å². The second-order valence-corrected chi connectivity index (χ2v) is 1.61. The normalized spacial score (nSPS) is 5.18. The Labute approximate surface area is 72.0 Å². The van der Waals surface area contributed by atoms with E-state index in [0.717, 1.165) is 0 Å². The highest BCUT2D eigenvalue weighted by molar-refractivity contribution is 5.75. The molecular formula is C8H24N2O. The predicted molar refractivity (Wildman–Crippen MR) is 54.1 cm³/mol. The molecule has 11 heavy (non-hydrogen) atoms. The molecule has 0 bridgehead atoms. The number of carbonyl (C=O) groups excluding carboxylic acids is 1. The minimum atomic E-state index is -0.333. The quantitative estimate of drug-likeness (QED) is 0.530. The molecule has 3 nitrogen and oxygen atoms in total. The summed E-state index contributed by atoms with van der Waals surface area (Å²) in [5.74, 6) is -0.333. The van der Waals surface area contributed by atoms with Crippen molar-refractivity contribution in [3.63, 3.8) is 0 Å². The first-order chi connectivity index (χ1) is 4.46. The smallest absolute Gasteiger partial charge is 0.214 e. The maximum Gasteiger partial charge on any atom is 0.214 e. The summed E-state index contributed by atoms with van der Waals surface area (Å²) in [6.07, 6.45) is 0. The van der Waals surface area contributed by atoms with Crippen LogP contribution < -0.4 is 5.73 Å². The second kappa shape index (κ2) is 22.9. The Balaban J connectivity index is -0.0000000198. The lowest BCUT2D eigenvalue weighted by molar-refractivity contribution is -0.115. The fraction of sp³-hybridized carbons (Fsp3) is 0.750. The van der Waals surface area contributed by atoms with E-state index in [9.17, 15) is 4.79 Å². The highest BCUT2D eigenvalue weighted by Crippen LogP contribution is 1.52. The van der Waals surface area contributed by atoms with Gasteiger partial charge >= 0.3 is 0 Å². The van der Waals surface area contributed by atoms with Gasteiger partial charge in [0.15, 0.2) is 0 Å². The summed E-state index contributed by atoms with van der Waals surface area (Å²) in [7, 11) is 0. The van der Waals surface area contributed by atoms with Crippen LogP contribution in [-0.2, 0) is 4.79 Å². The van der Waals surface area contributed by atoms with E-state index in [0.29, 0.717) is 5.71 Å². The monoisotopic (exact) mass is 164 g/mol. The van der Waals surface area contributed by atoms with E-state index in [1.807, 2.05) is 13.8 Å². The van der Waals surface area contributed by atoms with Crippen LogP contribution in [0.25, 0.3) is 0 Å². The average Bonchev–Trinajstić information content (AvgIpc) is 1.66. The molecule has 0 heterocycles. The van der Waals surface area contributed by atoms with Gasteiger partial charge in [0.1, 0.15) is 0 Å². The van der Waals surface area contributed by atoms with Crippen LogP contribution in [0.15, 0.2) is 0 Å². The summed E-state index contributed by atoms with van der Waals surface area (Å²) in [6, 6.07) is 0. The lowest BCUT2D eigenvalue weighted by Gasteiger charge is -1.63. The Kier molecular flexibility index (Phi) is 46.8. The molecule has 0 fully saturated rings. The SMILES string of the molecule is C.CC.CC(C)=N.CC(N)=O.[HH]. The van der Waals surface area contributed by atoms with Crippen LogP contribution in [-0.4, -0.2) is 11.6 Å². The third-order valence-electron chi connectivity index (χ3n) is 0. The summed E-state index contributed by atoms with van der Waals surface area (Å²) in [5.41, 5.74) is 5.14. The highest BCUT2D eigenvalue weighted by atomic mass is 16.1. The van der Waals surface area contributed by atoms with Gasteiger partial charge in [0, 0.05) is 14.1 Å². The van der Waals surface area contributed by atoms with Crippen LogP contribution >= 0.6 is 0 Å². The lowest BCUT2D eigenvalue weighted by Crippen LogP contribution is -2.01. The molecule has 0 aliphatic carbocycles. The third-order valence-corrected chi connectivity index (χ3v) is 0. The molecule has 3 heteroatoms. The number of rotatable bonds is 0. The summed E-state index contributed by atoms with van der Waals surface area (Å²) in [6.45, 7) is 8.81. The Morgan fingerprint density at radius 2 is 1.27 bits per heavy atom. The van der Waals surface area contributed by atoms with Crippen LogP contribution in [0.3, 0.4) is 0 Å². The van der Waals surface area contributed by atoms with Gasteiger partial charge in [-0.15, -0.1) is 0 Å². The van der Waals surface area contributed by atoms with Crippen LogP contribution in [0.1, 0.15) is 43.5 Å². The van der Waals surface area contributed by atoms with Crippen LogP contribution in [0.2, 0.25) is 0 Å². The van der Waals surface area contributed by atoms with E-state index in [1.165, 1.54) is 6.92 Å². The van der Waals surface area contributed by atoms with Gasteiger partial charge in [-0.25, -0.2) is 0 Å². The molecule has 0 unspecified atom stereocenters. The Hall–Kier alpha value is -0.860. The summed E-state index contributed by atoms with van der Waals surface area (Å²) < 4.78 is 0. The summed E-state index contributed by atoms with van der Waals surface area (Å²) >= 11 is 0. The first-order valence-electron chi connectivity index (χ1n) is 3.24. The van der Waals surface area contributed by atoms with Crippen molar-refractivity contribution in [3.8, 4) is 0 Å². The highest BCUT2D eigenvalue weighted by Gasteiger charge is 1.61. The molecule has 3 N–H and O–H groups in total. The Bertz CT molecular complexity index is 75.1. The molecule has 0 aromatic rings. The van der Waals surface area contributed by atoms with Crippen molar-refractivity contribution >= 4 is 11.6 Å². The Morgan fingerprint density at radius 1 is 1.27 bits per heavy atom. The van der Waals surface area contributed by atoms with Gasteiger partial charge in [-0.1, -0.05) is 21.3 Å². The van der Waals surface area contributed by atoms with E-state index in [2.05, 4.69) is 5.73 Å². The van der Waals surface area contributed by atoms with E-state index < -0.39 is 0 Å². The van der Waals surface area contributed by atoms with E-state index in [1.54, 1.807) is 13.8 Å². The van der Waals surface area contributed by atoms with E-state index >= 15 is 0 Å². The molecular weight excluding hydrogens is 140 g/mol. The molecule has 0 aliphatic rings. The molecule has 72 valence electrons. The second-order valence-electron chi connectivity index (χ2n) is 1.61. The van der Waals surface area contributed by atoms with E-state index in [-0.39, 0.29) is 14.8 Å². The lowest BCUT2D eigenvalue weighted by atomic mass is 10.5. The van der Waals surface area contributed by atoms with Crippen LogP contribution in [0.5, 0.6) is 0 Å². The predicted octanol–water partition coefficient (Wildman–Crippen LogP) is 2.45. The van der Waals surface area contributed by atoms with Gasteiger partial charge < -0.3 is 11.1 Å². The first-order valence-corrected chi connectivity index (χ1v) is 3.24. The number of nitrogens with one attached hydrogen (secondary N) is 1. The summed E-state index contributed by atoms with van der Waals surface area (Å²) in [4.78, 5) is 9.22. The first kappa shape index (κ1) is 22.5.